The molecule has 3 heteroatoms. The third-order valence-corrected chi connectivity index (χ3v) is 2.58. The second-order valence-corrected chi connectivity index (χ2v) is 4.29. The van der Waals surface area contributed by atoms with Crippen LogP contribution < -0.4 is 10.5 Å². The van der Waals surface area contributed by atoms with Crippen molar-refractivity contribution in [3.05, 3.63) is 53.1 Å². The molecule has 2 rings (SSSR count). The Kier molecular flexibility index (Phi) is 3.20. The normalized spacial score (nSPS) is 9.83. The number of nitriles is 1. The van der Waals surface area contributed by atoms with Crippen LogP contribution >= 0.6 is 0 Å². The highest BCUT2D eigenvalue weighted by molar-refractivity contribution is 5.57. The van der Waals surface area contributed by atoms with E-state index in [4.69, 9.17) is 15.7 Å². The Hall–Kier alpha value is -2.47. The zero-order valence-electron chi connectivity index (χ0n) is 10.4. The van der Waals surface area contributed by atoms with E-state index in [1.807, 2.05) is 32.0 Å². The van der Waals surface area contributed by atoms with Crippen molar-refractivity contribution in [2.75, 3.05) is 5.73 Å². The number of nitrogen functional groups attached to an aromatic ring is 1. The Morgan fingerprint density at radius 3 is 2.28 bits per heavy atom. The highest BCUT2D eigenvalue weighted by Crippen LogP contribution is 2.26. The number of rotatable bonds is 2. The van der Waals surface area contributed by atoms with Crippen molar-refractivity contribution in [3.63, 3.8) is 0 Å². The summed E-state index contributed by atoms with van der Waals surface area (Å²) in [6.45, 7) is 4.03. The van der Waals surface area contributed by atoms with Crippen molar-refractivity contribution in [1.29, 1.82) is 5.26 Å². The average molecular weight is 238 g/mol. The van der Waals surface area contributed by atoms with E-state index in [0.717, 1.165) is 16.9 Å². The fraction of sp³-hybridized carbons (Fsp3) is 0.133. The minimum absolute atomic E-state index is 0.428. The van der Waals surface area contributed by atoms with Crippen molar-refractivity contribution >= 4 is 5.69 Å². The quantitative estimate of drug-likeness (QED) is 0.814. The Balaban J connectivity index is 2.31. The number of nitrogens with two attached hydrogens (primary N) is 1. The summed E-state index contributed by atoms with van der Waals surface area (Å²) in [7, 11) is 0. The van der Waals surface area contributed by atoms with E-state index in [1.165, 1.54) is 0 Å². The number of hydrogen-bond donors (Lipinski definition) is 1. The summed E-state index contributed by atoms with van der Waals surface area (Å²) in [6.07, 6.45) is 0. The van der Waals surface area contributed by atoms with Gasteiger partial charge in [-0.1, -0.05) is 6.07 Å². The summed E-state index contributed by atoms with van der Waals surface area (Å²) in [5.74, 6) is 1.38. The number of anilines is 1. The fourth-order valence-corrected chi connectivity index (χ4v) is 1.82. The highest BCUT2D eigenvalue weighted by atomic mass is 16.5. The molecule has 0 spiro atoms. The standard InChI is InChI=1S/C15H14N2O/c1-10-5-11(2)7-14(6-10)18-13-3-4-15(17)12(8-13)9-16/h3-8H,17H2,1-2H3. The van der Waals surface area contributed by atoms with Gasteiger partial charge in [0, 0.05) is 11.8 Å². The second-order valence-electron chi connectivity index (χ2n) is 4.29. The molecule has 0 atom stereocenters. The van der Waals surface area contributed by atoms with Crippen molar-refractivity contribution in [2.45, 2.75) is 13.8 Å². The Morgan fingerprint density at radius 1 is 1.00 bits per heavy atom. The van der Waals surface area contributed by atoms with Gasteiger partial charge in [0.15, 0.2) is 0 Å². The van der Waals surface area contributed by atoms with E-state index < -0.39 is 0 Å². The van der Waals surface area contributed by atoms with Gasteiger partial charge < -0.3 is 10.5 Å². The van der Waals surface area contributed by atoms with E-state index in [9.17, 15) is 0 Å². The number of nitrogens with zero attached hydrogens (tertiary/aromatic N) is 1. The first kappa shape index (κ1) is 12.0. The average Bonchev–Trinajstić information content (AvgIpc) is 2.30. The smallest absolute Gasteiger partial charge is 0.128 e. The molecule has 2 aromatic carbocycles. The molecule has 0 amide bonds. The summed E-state index contributed by atoms with van der Waals surface area (Å²) in [5, 5.41) is 8.91. The first-order chi connectivity index (χ1) is 8.58. The van der Waals surface area contributed by atoms with Crippen LogP contribution in [-0.4, -0.2) is 0 Å². The van der Waals surface area contributed by atoms with Crippen LogP contribution in [0.2, 0.25) is 0 Å². The van der Waals surface area contributed by atoms with E-state index in [0.29, 0.717) is 17.0 Å². The molecular weight excluding hydrogens is 224 g/mol. The molecule has 0 fully saturated rings. The molecule has 0 aliphatic rings. The predicted octanol–water partition coefficient (Wildman–Crippen LogP) is 3.55. The molecule has 3 nitrogen and oxygen atoms in total. The predicted molar refractivity (Wildman–Crippen MR) is 71.6 cm³/mol. The SMILES string of the molecule is Cc1cc(C)cc(Oc2ccc(N)c(C#N)c2)c1. The lowest BCUT2D eigenvalue weighted by Crippen LogP contribution is -1.92. The summed E-state index contributed by atoms with van der Waals surface area (Å²) < 4.78 is 5.73. The highest BCUT2D eigenvalue weighted by Gasteiger charge is 2.03. The van der Waals surface area contributed by atoms with Crippen LogP contribution in [0, 0.1) is 25.2 Å². The largest absolute Gasteiger partial charge is 0.457 e. The van der Waals surface area contributed by atoms with Gasteiger partial charge in [-0.2, -0.15) is 5.26 Å². The first-order valence-corrected chi connectivity index (χ1v) is 5.64. The molecule has 0 aromatic heterocycles. The molecule has 0 bridgehead atoms. The van der Waals surface area contributed by atoms with Gasteiger partial charge in [-0.15, -0.1) is 0 Å². The fourth-order valence-electron chi connectivity index (χ4n) is 1.82. The molecular formula is C15H14N2O. The molecule has 0 radical (unpaired) electrons. The van der Waals surface area contributed by atoms with Gasteiger partial charge in [0.2, 0.25) is 0 Å². The molecule has 2 N–H and O–H groups in total. The number of hydrogen-bond acceptors (Lipinski definition) is 3. The van der Waals surface area contributed by atoms with Crippen molar-refractivity contribution in [1.82, 2.24) is 0 Å². The monoisotopic (exact) mass is 238 g/mol. The Morgan fingerprint density at radius 2 is 1.67 bits per heavy atom. The zero-order chi connectivity index (χ0) is 13.1. The van der Waals surface area contributed by atoms with Gasteiger partial charge in [-0.05, 0) is 49.2 Å². The molecule has 90 valence electrons. The molecule has 0 saturated carbocycles. The molecule has 18 heavy (non-hydrogen) atoms. The molecule has 0 saturated heterocycles. The van der Waals surface area contributed by atoms with Crippen LogP contribution in [0.15, 0.2) is 36.4 Å². The topological polar surface area (TPSA) is 59.0 Å². The van der Waals surface area contributed by atoms with Crippen LogP contribution in [0.25, 0.3) is 0 Å². The third-order valence-electron chi connectivity index (χ3n) is 2.58. The van der Waals surface area contributed by atoms with Gasteiger partial charge in [-0.3, -0.25) is 0 Å². The van der Waals surface area contributed by atoms with Gasteiger partial charge in [0.1, 0.15) is 17.6 Å². The molecule has 0 heterocycles. The van der Waals surface area contributed by atoms with Crippen LogP contribution in [0.4, 0.5) is 5.69 Å². The van der Waals surface area contributed by atoms with E-state index in [1.54, 1.807) is 18.2 Å². The number of benzene rings is 2. The summed E-state index contributed by atoms with van der Waals surface area (Å²) in [5.41, 5.74) is 8.83. The molecule has 0 unspecified atom stereocenters. The number of ether oxygens (including phenoxy) is 1. The van der Waals surface area contributed by atoms with Crippen molar-refractivity contribution < 1.29 is 4.74 Å². The van der Waals surface area contributed by atoms with Gasteiger partial charge in [0.25, 0.3) is 0 Å². The molecule has 0 aliphatic heterocycles. The Bertz CT molecular complexity index is 607. The Labute approximate surface area is 106 Å². The van der Waals surface area contributed by atoms with E-state index >= 15 is 0 Å². The maximum Gasteiger partial charge on any atom is 0.128 e. The van der Waals surface area contributed by atoms with E-state index in [2.05, 4.69) is 6.07 Å². The summed E-state index contributed by atoms with van der Waals surface area (Å²) in [6, 6.07) is 13.1. The first-order valence-electron chi connectivity index (χ1n) is 5.64. The minimum atomic E-state index is 0.428. The molecule has 2 aromatic rings. The lowest BCUT2D eigenvalue weighted by atomic mass is 10.1. The van der Waals surface area contributed by atoms with Crippen LogP contribution in [0.5, 0.6) is 11.5 Å². The summed E-state index contributed by atoms with van der Waals surface area (Å²) in [4.78, 5) is 0. The van der Waals surface area contributed by atoms with Gasteiger partial charge in [-0.25, -0.2) is 0 Å². The van der Waals surface area contributed by atoms with Gasteiger partial charge >= 0.3 is 0 Å². The lowest BCUT2D eigenvalue weighted by molar-refractivity contribution is 0.482. The third kappa shape index (κ3) is 2.61. The van der Waals surface area contributed by atoms with Crippen LogP contribution in [0.1, 0.15) is 16.7 Å². The second kappa shape index (κ2) is 4.80. The maximum absolute atomic E-state index is 8.91. The number of aryl methyl sites for hydroxylation is 2. The lowest BCUT2D eigenvalue weighted by Gasteiger charge is -2.08. The maximum atomic E-state index is 8.91. The summed E-state index contributed by atoms with van der Waals surface area (Å²) >= 11 is 0. The van der Waals surface area contributed by atoms with Crippen molar-refractivity contribution in [3.8, 4) is 17.6 Å². The molecule has 0 aliphatic carbocycles. The van der Waals surface area contributed by atoms with E-state index in [-0.39, 0.29) is 0 Å². The van der Waals surface area contributed by atoms with Crippen LogP contribution in [-0.2, 0) is 0 Å². The van der Waals surface area contributed by atoms with Crippen molar-refractivity contribution in [2.24, 2.45) is 0 Å². The minimum Gasteiger partial charge on any atom is -0.457 e. The van der Waals surface area contributed by atoms with Crippen LogP contribution in [0.3, 0.4) is 0 Å². The van der Waals surface area contributed by atoms with Gasteiger partial charge in [0.05, 0.1) is 5.56 Å². The zero-order valence-corrected chi connectivity index (χ0v) is 10.4.